The van der Waals surface area contributed by atoms with Gasteiger partial charge in [-0.1, -0.05) is 12.1 Å². The number of halogens is 4. The Kier molecular flexibility index (Phi) is 3.18. The van der Waals surface area contributed by atoms with Gasteiger partial charge in [0, 0.05) is 6.07 Å². The molecule has 2 aromatic rings. The lowest BCUT2D eigenvalue weighted by Crippen LogP contribution is -2.06. The van der Waals surface area contributed by atoms with E-state index in [9.17, 15) is 17.6 Å². The summed E-state index contributed by atoms with van der Waals surface area (Å²) in [5, 5.41) is 0. The van der Waals surface area contributed by atoms with E-state index in [0.29, 0.717) is 0 Å². The highest BCUT2D eigenvalue weighted by molar-refractivity contribution is 5.38. The van der Waals surface area contributed by atoms with Gasteiger partial charge in [-0.05, 0) is 12.1 Å². The smallest absolute Gasteiger partial charge is 0.419 e. The molecule has 1 heterocycles. The van der Waals surface area contributed by atoms with E-state index in [0.717, 1.165) is 30.6 Å². The number of pyridine rings is 1. The van der Waals surface area contributed by atoms with E-state index in [1.807, 2.05) is 0 Å². The van der Waals surface area contributed by atoms with Crippen LogP contribution in [0.15, 0.2) is 42.7 Å². The van der Waals surface area contributed by atoms with Crippen LogP contribution >= 0.6 is 0 Å². The number of para-hydroxylation sites is 1. The minimum Gasteiger partial charge on any atom is -0.455 e. The zero-order valence-corrected chi connectivity index (χ0v) is 8.91. The molecule has 2 rings (SSSR count). The molecule has 0 spiro atoms. The molecule has 0 aliphatic rings. The highest BCUT2D eigenvalue weighted by Gasteiger charge is 2.34. The third kappa shape index (κ3) is 2.77. The van der Waals surface area contributed by atoms with E-state index in [-0.39, 0.29) is 5.75 Å². The van der Waals surface area contributed by atoms with Gasteiger partial charge in [-0.15, -0.1) is 0 Å². The third-order valence-electron chi connectivity index (χ3n) is 2.10. The SMILES string of the molecule is Fc1cncc(Oc2ccccc2C(F)(F)F)c1. The first-order chi connectivity index (χ1) is 8.47. The summed E-state index contributed by atoms with van der Waals surface area (Å²) >= 11 is 0. The summed E-state index contributed by atoms with van der Waals surface area (Å²) in [5.41, 5.74) is -0.922. The van der Waals surface area contributed by atoms with Gasteiger partial charge in [-0.2, -0.15) is 13.2 Å². The van der Waals surface area contributed by atoms with Crippen molar-refractivity contribution in [3.63, 3.8) is 0 Å². The van der Waals surface area contributed by atoms with Crippen molar-refractivity contribution in [3.05, 3.63) is 54.1 Å². The van der Waals surface area contributed by atoms with E-state index < -0.39 is 23.3 Å². The van der Waals surface area contributed by atoms with Crippen LogP contribution in [0, 0.1) is 5.82 Å². The Morgan fingerprint density at radius 1 is 1.06 bits per heavy atom. The quantitative estimate of drug-likeness (QED) is 0.758. The summed E-state index contributed by atoms with van der Waals surface area (Å²) in [7, 11) is 0. The fourth-order valence-corrected chi connectivity index (χ4v) is 1.36. The van der Waals surface area contributed by atoms with Crippen molar-refractivity contribution in [2.75, 3.05) is 0 Å². The molecule has 0 saturated heterocycles. The average Bonchev–Trinajstić information content (AvgIpc) is 2.28. The Labute approximate surface area is 99.8 Å². The Bertz CT molecular complexity index is 554. The number of hydrogen-bond donors (Lipinski definition) is 0. The van der Waals surface area contributed by atoms with Crippen molar-refractivity contribution in [2.45, 2.75) is 6.18 Å². The summed E-state index contributed by atoms with van der Waals surface area (Å²) in [5.74, 6) is -1.17. The second-order valence-electron chi connectivity index (χ2n) is 3.43. The number of ether oxygens (including phenoxy) is 1. The molecular formula is C12H7F4NO. The predicted molar refractivity (Wildman–Crippen MR) is 55.7 cm³/mol. The normalized spacial score (nSPS) is 11.3. The van der Waals surface area contributed by atoms with Gasteiger partial charge in [0.05, 0.1) is 18.0 Å². The molecule has 0 saturated carbocycles. The second kappa shape index (κ2) is 4.64. The van der Waals surface area contributed by atoms with Crippen LogP contribution in [0.4, 0.5) is 17.6 Å². The van der Waals surface area contributed by atoms with Gasteiger partial charge in [0.2, 0.25) is 0 Å². The fourth-order valence-electron chi connectivity index (χ4n) is 1.36. The van der Waals surface area contributed by atoms with Crippen LogP contribution in [0.5, 0.6) is 11.5 Å². The molecule has 0 unspecified atom stereocenters. The first kappa shape index (κ1) is 12.3. The van der Waals surface area contributed by atoms with Gasteiger partial charge in [-0.25, -0.2) is 4.39 Å². The molecule has 0 aliphatic heterocycles. The van der Waals surface area contributed by atoms with E-state index in [4.69, 9.17) is 4.74 Å². The summed E-state index contributed by atoms with van der Waals surface area (Å²) in [4.78, 5) is 3.49. The molecule has 94 valence electrons. The highest BCUT2D eigenvalue weighted by Crippen LogP contribution is 2.37. The molecule has 6 heteroatoms. The first-order valence-corrected chi connectivity index (χ1v) is 4.91. The predicted octanol–water partition coefficient (Wildman–Crippen LogP) is 4.03. The van der Waals surface area contributed by atoms with Crippen molar-refractivity contribution in [1.29, 1.82) is 0 Å². The maximum atomic E-state index is 12.8. The van der Waals surface area contributed by atoms with Crippen LogP contribution in [-0.4, -0.2) is 4.98 Å². The van der Waals surface area contributed by atoms with Crippen LogP contribution in [0.3, 0.4) is 0 Å². The monoisotopic (exact) mass is 257 g/mol. The van der Waals surface area contributed by atoms with Crippen LogP contribution < -0.4 is 4.74 Å². The van der Waals surface area contributed by atoms with Gasteiger partial charge in [-0.3, -0.25) is 4.98 Å². The maximum Gasteiger partial charge on any atom is 0.419 e. The summed E-state index contributed by atoms with van der Waals surface area (Å²) < 4.78 is 55.8. The van der Waals surface area contributed by atoms with Gasteiger partial charge in [0.15, 0.2) is 0 Å². The lowest BCUT2D eigenvalue weighted by Gasteiger charge is -2.12. The Hall–Kier alpha value is -2.11. The number of aromatic nitrogens is 1. The molecule has 0 atom stereocenters. The Balaban J connectivity index is 2.35. The number of nitrogens with zero attached hydrogens (tertiary/aromatic N) is 1. The lowest BCUT2D eigenvalue weighted by atomic mass is 10.2. The van der Waals surface area contributed by atoms with E-state index in [2.05, 4.69) is 4.98 Å². The largest absolute Gasteiger partial charge is 0.455 e. The number of rotatable bonds is 2. The molecule has 2 nitrogen and oxygen atoms in total. The van der Waals surface area contributed by atoms with Gasteiger partial charge in [0.1, 0.15) is 17.3 Å². The summed E-state index contributed by atoms with van der Waals surface area (Å²) in [6.07, 6.45) is -2.46. The van der Waals surface area contributed by atoms with E-state index in [1.165, 1.54) is 12.1 Å². The molecular weight excluding hydrogens is 250 g/mol. The molecule has 0 fully saturated rings. The van der Waals surface area contributed by atoms with Gasteiger partial charge < -0.3 is 4.74 Å². The molecule has 0 radical (unpaired) electrons. The van der Waals surface area contributed by atoms with E-state index in [1.54, 1.807) is 0 Å². The molecule has 0 amide bonds. The molecule has 0 bridgehead atoms. The van der Waals surface area contributed by atoms with Crippen LogP contribution in [0.25, 0.3) is 0 Å². The van der Waals surface area contributed by atoms with Crippen molar-refractivity contribution in [2.24, 2.45) is 0 Å². The summed E-state index contributed by atoms with van der Waals surface area (Å²) in [6.45, 7) is 0. The second-order valence-corrected chi connectivity index (χ2v) is 3.43. The lowest BCUT2D eigenvalue weighted by molar-refractivity contribution is -0.138. The highest BCUT2D eigenvalue weighted by atomic mass is 19.4. The fraction of sp³-hybridized carbons (Fsp3) is 0.0833. The third-order valence-corrected chi connectivity index (χ3v) is 2.10. The van der Waals surface area contributed by atoms with Crippen molar-refractivity contribution in [1.82, 2.24) is 4.98 Å². The van der Waals surface area contributed by atoms with Gasteiger partial charge in [0.25, 0.3) is 0 Å². The zero-order valence-electron chi connectivity index (χ0n) is 8.91. The molecule has 0 aliphatic carbocycles. The Morgan fingerprint density at radius 3 is 2.44 bits per heavy atom. The van der Waals surface area contributed by atoms with Crippen molar-refractivity contribution >= 4 is 0 Å². The Morgan fingerprint density at radius 2 is 1.78 bits per heavy atom. The minimum atomic E-state index is -4.53. The number of benzene rings is 1. The molecule has 0 N–H and O–H groups in total. The maximum absolute atomic E-state index is 12.8. The zero-order chi connectivity index (χ0) is 13.2. The standard InChI is InChI=1S/C12H7F4NO/c13-8-5-9(7-17-6-8)18-11-4-2-1-3-10(11)12(14,15)16/h1-7H. The van der Waals surface area contributed by atoms with E-state index >= 15 is 0 Å². The minimum absolute atomic E-state index is 0.0910. The summed E-state index contributed by atoms with van der Waals surface area (Å²) in [6, 6.07) is 5.66. The average molecular weight is 257 g/mol. The van der Waals surface area contributed by atoms with Crippen molar-refractivity contribution in [3.8, 4) is 11.5 Å². The first-order valence-electron chi connectivity index (χ1n) is 4.91. The number of hydrogen-bond acceptors (Lipinski definition) is 2. The van der Waals surface area contributed by atoms with Crippen LogP contribution in [0.1, 0.15) is 5.56 Å². The number of alkyl halides is 3. The molecule has 1 aromatic carbocycles. The topological polar surface area (TPSA) is 22.1 Å². The van der Waals surface area contributed by atoms with Gasteiger partial charge >= 0.3 is 6.18 Å². The van der Waals surface area contributed by atoms with Crippen LogP contribution in [0.2, 0.25) is 0 Å². The van der Waals surface area contributed by atoms with Crippen molar-refractivity contribution < 1.29 is 22.3 Å². The molecule has 1 aromatic heterocycles. The van der Waals surface area contributed by atoms with Crippen LogP contribution in [-0.2, 0) is 6.18 Å². The molecule has 18 heavy (non-hydrogen) atoms.